The summed E-state index contributed by atoms with van der Waals surface area (Å²) in [6.45, 7) is 15.5. The van der Waals surface area contributed by atoms with Gasteiger partial charge in [0.2, 0.25) is 11.6 Å². The van der Waals surface area contributed by atoms with E-state index in [2.05, 4.69) is 73.9 Å². The summed E-state index contributed by atoms with van der Waals surface area (Å²) in [6.07, 6.45) is 20.4. The topological polar surface area (TPSA) is 108 Å². The maximum atomic E-state index is 12.0. The van der Waals surface area contributed by atoms with E-state index in [0.717, 1.165) is 70.9 Å². The fraction of sp³-hybridized carbons (Fsp3) is 0.429. The van der Waals surface area contributed by atoms with Crippen LogP contribution < -0.4 is 0 Å². The van der Waals surface area contributed by atoms with Gasteiger partial charge in [0, 0.05) is 43.3 Å². The van der Waals surface area contributed by atoms with Crippen LogP contribution in [0, 0.1) is 5.92 Å². The van der Waals surface area contributed by atoms with E-state index in [9.17, 15) is 9.59 Å². The highest BCUT2D eigenvalue weighted by Crippen LogP contribution is 2.42. The Bertz CT molecular complexity index is 2070. The first-order chi connectivity index (χ1) is 28.6. The average molecular weight is 805 g/mol. The van der Waals surface area contributed by atoms with E-state index in [4.69, 9.17) is 38.5 Å². The molecule has 0 bridgehead atoms. The lowest BCUT2D eigenvalue weighted by molar-refractivity contribution is -0.484. The Balaban J connectivity index is 0.000000179. The van der Waals surface area contributed by atoms with Gasteiger partial charge in [0.1, 0.15) is 12.2 Å². The molecule has 59 heavy (non-hydrogen) atoms. The summed E-state index contributed by atoms with van der Waals surface area (Å²) in [5.41, 5.74) is 7.95. The number of benzene rings is 2. The van der Waals surface area contributed by atoms with Gasteiger partial charge in [-0.2, -0.15) is 0 Å². The average Bonchev–Trinajstić information content (AvgIpc) is 3.27. The molecule has 10 heteroatoms. The third kappa shape index (κ3) is 10.2. The smallest absolute Gasteiger partial charge is 0.333 e. The van der Waals surface area contributed by atoms with Crippen molar-refractivity contribution in [2.45, 2.75) is 102 Å². The Morgan fingerprint density at radius 1 is 0.831 bits per heavy atom. The van der Waals surface area contributed by atoms with Gasteiger partial charge in [-0.05, 0) is 97.6 Å². The van der Waals surface area contributed by atoms with Gasteiger partial charge in [-0.25, -0.2) is 29.1 Å². The van der Waals surface area contributed by atoms with E-state index < -0.39 is 11.6 Å². The van der Waals surface area contributed by atoms with E-state index in [1.807, 2.05) is 32.0 Å². The first kappa shape index (κ1) is 42.4. The van der Waals surface area contributed by atoms with E-state index in [0.29, 0.717) is 63.6 Å². The summed E-state index contributed by atoms with van der Waals surface area (Å²) in [5, 5.41) is 2.35. The summed E-state index contributed by atoms with van der Waals surface area (Å²) in [4.78, 5) is 46.6. The highest BCUT2D eigenvalue weighted by molar-refractivity contribution is 5.89. The first-order valence-corrected chi connectivity index (χ1v) is 20.9. The Labute approximate surface area is 347 Å². The van der Waals surface area contributed by atoms with Gasteiger partial charge >= 0.3 is 11.9 Å². The number of carbonyl (C=O) groups excluding carboxylic acids is 2. The largest absolute Gasteiger partial charge is 0.463 e. The summed E-state index contributed by atoms with van der Waals surface area (Å²) < 4.78 is 22.3. The maximum absolute atomic E-state index is 12.0. The molecule has 3 atom stereocenters. The maximum Gasteiger partial charge on any atom is 0.333 e. The highest BCUT2D eigenvalue weighted by Gasteiger charge is 2.44. The molecule has 0 N–H and O–H groups in total. The molecule has 3 unspecified atom stereocenters. The standard InChI is InChI=1S/C25H30O5.C24H26O5/c1-4-27-24(26)18(3)19-11-13-25(14-12-19)28-16-23(29-30-25)17(2)21-10-9-20-7-5-6-8-22(20)15-21;1-3-26-23(25)14-18-10-12-24(13-11-18)27-16-22(28-29-24)17(2)20-9-8-19-6-4-5-7-21(19)15-20/h5-6,8-10,15,20,23H,2,4,7,11-14,16H2,1,3H3;4-9,14-15,22H,2-3,10-13,16H2,1H3. The Morgan fingerprint density at radius 3 is 2.12 bits per heavy atom. The van der Waals surface area contributed by atoms with Gasteiger partial charge in [0.05, 0.1) is 26.4 Å². The quantitative estimate of drug-likeness (QED) is 0.145. The minimum Gasteiger partial charge on any atom is -0.463 e. The minimum atomic E-state index is -0.744. The molecule has 8 rings (SSSR count). The van der Waals surface area contributed by atoms with Crippen LogP contribution in [0.25, 0.3) is 16.3 Å². The molecule has 6 aliphatic rings. The van der Waals surface area contributed by atoms with Crippen molar-refractivity contribution in [1.29, 1.82) is 0 Å². The number of hydrogen-bond donors (Lipinski definition) is 0. The van der Waals surface area contributed by atoms with Crippen molar-refractivity contribution in [3.63, 3.8) is 0 Å². The molecule has 2 saturated heterocycles. The molecule has 10 nitrogen and oxygen atoms in total. The van der Waals surface area contributed by atoms with E-state index >= 15 is 0 Å². The lowest BCUT2D eigenvalue weighted by Crippen LogP contribution is -2.47. The van der Waals surface area contributed by atoms with Crippen LogP contribution in [0.5, 0.6) is 0 Å². The zero-order valence-electron chi connectivity index (χ0n) is 34.5. The fourth-order valence-corrected chi connectivity index (χ4v) is 8.18. The van der Waals surface area contributed by atoms with Crippen LogP contribution in [-0.4, -0.2) is 62.1 Å². The zero-order chi connectivity index (χ0) is 41.4. The lowest BCUT2D eigenvalue weighted by atomic mass is 9.83. The van der Waals surface area contributed by atoms with Crippen molar-refractivity contribution in [3.8, 4) is 0 Å². The lowest BCUT2D eigenvalue weighted by Gasteiger charge is -2.42. The Kier molecular flexibility index (Phi) is 13.8. The Morgan fingerprint density at radius 2 is 1.47 bits per heavy atom. The van der Waals surface area contributed by atoms with Crippen molar-refractivity contribution in [3.05, 3.63) is 137 Å². The molecule has 2 aliphatic heterocycles. The molecule has 2 aromatic rings. The number of fused-ring (bicyclic) bond motifs is 2. The fourth-order valence-electron chi connectivity index (χ4n) is 8.18. The van der Waals surface area contributed by atoms with E-state index in [1.165, 1.54) is 11.0 Å². The van der Waals surface area contributed by atoms with Gasteiger partial charge < -0.3 is 18.9 Å². The summed E-state index contributed by atoms with van der Waals surface area (Å²) in [6, 6.07) is 14.5. The molecule has 2 spiro atoms. The molecule has 0 radical (unpaired) electrons. The van der Waals surface area contributed by atoms with Crippen LogP contribution in [0.15, 0.2) is 132 Å². The van der Waals surface area contributed by atoms with Gasteiger partial charge in [-0.15, -0.1) is 0 Å². The van der Waals surface area contributed by atoms with Crippen molar-refractivity contribution in [1.82, 2.24) is 0 Å². The molecule has 312 valence electrons. The predicted octanol–water partition coefficient (Wildman–Crippen LogP) is 10.00. The van der Waals surface area contributed by atoms with Crippen LogP contribution >= 0.6 is 0 Å². The first-order valence-electron chi connectivity index (χ1n) is 20.9. The second-order valence-electron chi connectivity index (χ2n) is 15.8. The van der Waals surface area contributed by atoms with Crippen LogP contribution in [0.4, 0.5) is 0 Å². The van der Waals surface area contributed by atoms with Crippen LogP contribution in [0.1, 0.15) is 84.1 Å². The predicted molar refractivity (Wildman–Crippen MR) is 225 cm³/mol. The molecule has 2 saturated carbocycles. The third-order valence-electron chi connectivity index (χ3n) is 12.0. The van der Waals surface area contributed by atoms with Crippen molar-refractivity contribution in [2.75, 3.05) is 26.4 Å². The molecule has 0 amide bonds. The molecule has 2 aromatic carbocycles. The van der Waals surface area contributed by atoms with Gasteiger partial charge in [0.25, 0.3) is 0 Å². The SMILES string of the molecule is C=C(C1=CC2=CC=CCC2C=C1)C1COC2(CCC(=C(C)C(=O)OCC)CC2)OO1.C=C(c1ccc2ccccc2c1)C1COC2(CCC(=CC(=O)OCC)CC2)OO1. The van der Waals surface area contributed by atoms with Crippen molar-refractivity contribution in [2.24, 2.45) is 5.92 Å². The molecular formula is C49H56O10. The molecule has 2 heterocycles. The number of ether oxygens (including phenoxy) is 4. The van der Waals surface area contributed by atoms with Crippen LogP contribution in [0.3, 0.4) is 0 Å². The number of hydrogen-bond acceptors (Lipinski definition) is 10. The zero-order valence-corrected chi connectivity index (χ0v) is 34.5. The summed E-state index contributed by atoms with van der Waals surface area (Å²) in [7, 11) is 0. The summed E-state index contributed by atoms with van der Waals surface area (Å²) in [5.74, 6) is -1.55. The van der Waals surface area contributed by atoms with Gasteiger partial charge in [-0.1, -0.05) is 97.2 Å². The number of esters is 2. The highest BCUT2D eigenvalue weighted by atomic mass is 17.2. The van der Waals surface area contributed by atoms with E-state index in [-0.39, 0.29) is 24.1 Å². The number of rotatable bonds is 8. The number of allylic oxidation sites excluding steroid dienone is 9. The second kappa shape index (κ2) is 19.1. The number of carbonyl (C=O) groups is 2. The van der Waals surface area contributed by atoms with Crippen LogP contribution in [-0.2, 0) is 48.1 Å². The van der Waals surface area contributed by atoms with Crippen LogP contribution in [0.2, 0.25) is 0 Å². The molecular weight excluding hydrogens is 749 g/mol. The normalized spacial score (nSPS) is 27.5. The van der Waals surface area contributed by atoms with Crippen molar-refractivity contribution >= 4 is 28.3 Å². The minimum absolute atomic E-state index is 0.235. The van der Waals surface area contributed by atoms with Gasteiger partial charge in [-0.3, -0.25) is 0 Å². The molecule has 4 aliphatic carbocycles. The van der Waals surface area contributed by atoms with Gasteiger partial charge in [0.15, 0.2) is 0 Å². The molecule has 0 aromatic heterocycles. The van der Waals surface area contributed by atoms with E-state index in [1.54, 1.807) is 13.0 Å². The summed E-state index contributed by atoms with van der Waals surface area (Å²) >= 11 is 0. The van der Waals surface area contributed by atoms with Crippen molar-refractivity contribution < 1.29 is 48.1 Å². The molecule has 4 fully saturated rings. The third-order valence-corrected chi connectivity index (χ3v) is 12.0. The monoisotopic (exact) mass is 804 g/mol. The second-order valence-corrected chi connectivity index (χ2v) is 15.8. The Hall–Kier alpha value is -4.68.